The van der Waals surface area contributed by atoms with E-state index in [0.29, 0.717) is 19.4 Å². The molecule has 32 heavy (non-hydrogen) atoms. The molecule has 0 saturated carbocycles. The third-order valence-corrected chi connectivity index (χ3v) is 7.31. The number of fused-ring (bicyclic) bond motifs is 1. The fraction of sp³-hybridized carbons (Fsp3) is 0.769. The highest BCUT2D eigenvalue weighted by molar-refractivity contribution is 7.85. The molecule has 0 radical (unpaired) electrons. The Morgan fingerprint density at radius 2 is 1.81 bits per heavy atom. The van der Waals surface area contributed by atoms with E-state index in [-0.39, 0.29) is 11.4 Å². The van der Waals surface area contributed by atoms with Crippen LogP contribution in [0.1, 0.15) is 97.5 Å². The molecule has 6 heteroatoms. The first-order valence-corrected chi connectivity index (χ1v) is 14.1. The number of rotatable bonds is 15. The average molecular weight is 469 g/mol. The molecule has 0 fully saturated rings. The van der Waals surface area contributed by atoms with Crippen LogP contribution in [0.5, 0.6) is 11.5 Å². The van der Waals surface area contributed by atoms with Gasteiger partial charge in [-0.2, -0.15) is 8.42 Å². The van der Waals surface area contributed by atoms with Crippen LogP contribution in [-0.4, -0.2) is 30.9 Å². The van der Waals surface area contributed by atoms with E-state index < -0.39 is 10.1 Å². The maximum atomic E-state index is 10.7. The third kappa shape index (κ3) is 10.6. The third-order valence-electron chi connectivity index (χ3n) is 6.51. The highest BCUT2D eigenvalue weighted by Crippen LogP contribution is 2.38. The molecule has 0 aliphatic carbocycles. The topological polar surface area (TPSA) is 72.8 Å². The number of benzene rings is 1. The van der Waals surface area contributed by atoms with Crippen LogP contribution in [0.25, 0.3) is 0 Å². The lowest BCUT2D eigenvalue weighted by atomic mass is 9.86. The van der Waals surface area contributed by atoms with Crippen LogP contribution in [0, 0.1) is 11.8 Å². The molecule has 1 N–H and O–H groups in total. The van der Waals surface area contributed by atoms with Crippen molar-refractivity contribution in [2.75, 3.05) is 12.4 Å². The molecular formula is C26H44O5S. The lowest BCUT2D eigenvalue weighted by Gasteiger charge is -2.36. The molecule has 1 heterocycles. The Labute approximate surface area is 196 Å². The maximum absolute atomic E-state index is 10.7. The molecule has 2 rings (SSSR count). The number of ether oxygens (including phenoxy) is 2. The molecule has 1 aliphatic rings. The Morgan fingerprint density at radius 1 is 1.06 bits per heavy atom. The second-order valence-corrected chi connectivity index (χ2v) is 11.9. The summed E-state index contributed by atoms with van der Waals surface area (Å²) >= 11 is 0. The van der Waals surface area contributed by atoms with Gasteiger partial charge in [0.25, 0.3) is 10.1 Å². The molecule has 0 bridgehead atoms. The summed E-state index contributed by atoms with van der Waals surface area (Å²) in [7, 11) is -3.86. The predicted octanol–water partition coefficient (Wildman–Crippen LogP) is 6.84. The summed E-state index contributed by atoms with van der Waals surface area (Å²) in [5, 5.41) is 0. The maximum Gasteiger partial charge on any atom is 0.264 e. The van der Waals surface area contributed by atoms with E-state index in [2.05, 4.69) is 33.8 Å². The van der Waals surface area contributed by atoms with Crippen LogP contribution in [0.3, 0.4) is 0 Å². The lowest BCUT2D eigenvalue weighted by molar-refractivity contribution is 0.0523. The molecule has 1 aliphatic heterocycles. The molecule has 5 nitrogen and oxygen atoms in total. The number of unbranched alkanes of at least 4 members (excludes halogenated alkanes) is 2. The van der Waals surface area contributed by atoms with Gasteiger partial charge in [-0.3, -0.25) is 4.55 Å². The van der Waals surface area contributed by atoms with E-state index in [1.165, 1.54) is 37.7 Å². The van der Waals surface area contributed by atoms with Gasteiger partial charge in [-0.05, 0) is 87.5 Å². The average Bonchev–Trinajstić information content (AvgIpc) is 2.69. The Kier molecular flexibility index (Phi) is 10.8. The van der Waals surface area contributed by atoms with Gasteiger partial charge in [0.1, 0.15) is 17.1 Å². The summed E-state index contributed by atoms with van der Waals surface area (Å²) in [6.45, 7) is 9.77. The first-order valence-electron chi connectivity index (χ1n) is 12.5. The lowest BCUT2D eigenvalue weighted by Crippen LogP contribution is -2.36. The SMILES string of the molecule is CC(C)CCCC(C)CCCC1(C)CCc2cc(OCCCCCS(=O)(=O)O)ccc2O1. The van der Waals surface area contributed by atoms with Gasteiger partial charge in [0.05, 0.1) is 12.4 Å². The highest BCUT2D eigenvalue weighted by atomic mass is 32.2. The fourth-order valence-electron chi connectivity index (χ4n) is 4.43. The van der Waals surface area contributed by atoms with Gasteiger partial charge < -0.3 is 9.47 Å². The molecule has 184 valence electrons. The van der Waals surface area contributed by atoms with Crippen LogP contribution < -0.4 is 9.47 Å². The van der Waals surface area contributed by atoms with Crippen molar-refractivity contribution >= 4 is 10.1 Å². The van der Waals surface area contributed by atoms with Gasteiger partial charge in [0.15, 0.2) is 0 Å². The number of hydrogen-bond donors (Lipinski definition) is 1. The van der Waals surface area contributed by atoms with Crippen molar-refractivity contribution in [3.8, 4) is 11.5 Å². The normalized spacial score (nSPS) is 19.4. The van der Waals surface area contributed by atoms with E-state index in [1.54, 1.807) is 0 Å². The Balaban J connectivity index is 1.71. The minimum absolute atomic E-state index is 0.0833. The first-order chi connectivity index (χ1) is 15.1. The van der Waals surface area contributed by atoms with Crippen molar-refractivity contribution in [1.29, 1.82) is 0 Å². The molecule has 2 atom stereocenters. The van der Waals surface area contributed by atoms with Gasteiger partial charge >= 0.3 is 0 Å². The predicted molar refractivity (Wildman–Crippen MR) is 131 cm³/mol. The first kappa shape index (κ1) is 27.0. The summed E-state index contributed by atoms with van der Waals surface area (Å²) in [5.41, 5.74) is 1.12. The second-order valence-electron chi connectivity index (χ2n) is 10.3. The zero-order valence-electron chi connectivity index (χ0n) is 20.6. The highest BCUT2D eigenvalue weighted by Gasteiger charge is 2.31. The summed E-state index contributed by atoms with van der Waals surface area (Å²) < 4.78 is 42.5. The van der Waals surface area contributed by atoms with Crippen molar-refractivity contribution in [3.63, 3.8) is 0 Å². The molecule has 0 aromatic heterocycles. The van der Waals surface area contributed by atoms with Crippen molar-refractivity contribution in [2.24, 2.45) is 11.8 Å². The number of aryl methyl sites for hydroxylation is 1. The summed E-state index contributed by atoms with van der Waals surface area (Å²) in [6.07, 6.45) is 11.6. The summed E-state index contributed by atoms with van der Waals surface area (Å²) in [4.78, 5) is 0. The smallest absolute Gasteiger partial charge is 0.264 e. The largest absolute Gasteiger partial charge is 0.494 e. The van der Waals surface area contributed by atoms with Crippen LogP contribution in [0.4, 0.5) is 0 Å². The van der Waals surface area contributed by atoms with E-state index in [0.717, 1.165) is 49.0 Å². The minimum atomic E-state index is -3.86. The van der Waals surface area contributed by atoms with Crippen molar-refractivity contribution in [1.82, 2.24) is 0 Å². The van der Waals surface area contributed by atoms with Crippen molar-refractivity contribution in [3.05, 3.63) is 23.8 Å². The zero-order chi connectivity index (χ0) is 23.6. The minimum Gasteiger partial charge on any atom is -0.494 e. The molecule has 1 aromatic carbocycles. The number of hydrogen-bond acceptors (Lipinski definition) is 4. The standard InChI is InChI=1S/C26H44O5S/c1-21(2)10-8-11-22(3)12-9-16-26(4)17-15-23-20-24(13-14-25(23)31-26)30-18-6-5-7-19-32(27,28)29/h13-14,20-22H,5-12,15-19H2,1-4H3,(H,27,28,29). The molecule has 0 spiro atoms. The van der Waals surface area contributed by atoms with Gasteiger partial charge in [-0.1, -0.05) is 46.5 Å². The van der Waals surface area contributed by atoms with E-state index in [9.17, 15) is 8.42 Å². The summed E-state index contributed by atoms with van der Waals surface area (Å²) in [5.74, 6) is 3.23. The fourth-order valence-corrected chi connectivity index (χ4v) is 5.00. The van der Waals surface area contributed by atoms with Crippen LogP contribution in [-0.2, 0) is 16.5 Å². The summed E-state index contributed by atoms with van der Waals surface area (Å²) in [6, 6.07) is 6.05. The van der Waals surface area contributed by atoms with E-state index >= 15 is 0 Å². The Hall–Kier alpha value is -1.27. The van der Waals surface area contributed by atoms with Crippen LogP contribution >= 0.6 is 0 Å². The van der Waals surface area contributed by atoms with Crippen molar-refractivity contribution < 1.29 is 22.4 Å². The molecule has 0 saturated heterocycles. The molecule has 1 aromatic rings. The van der Waals surface area contributed by atoms with Gasteiger partial charge in [-0.15, -0.1) is 0 Å². The van der Waals surface area contributed by atoms with Crippen molar-refractivity contribution in [2.45, 2.75) is 104 Å². The second kappa shape index (κ2) is 12.8. The molecular weight excluding hydrogens is 424 g/mol. The van der Waals surface area contributed by atoms with E-state index in [4.69, 9.17) is 14.0 Å². The molecule has 0 amide bonds. The van der Waals surface area contributed by atoms with Gasteiger partial charge in [-0.25, -0.2) is 0 Å². The monoisotopic (exact) mass is 468 g/mol. The Morgan fingerprint density at radius 3 is 2.53 bits per heavy atom. The zero-order valence-corrected chi connectivity index (χ0v) is 21.4. The van der Waals surface area contributed by atoms with Gasteiger partial charge in [0, 0.05) is 0 Å². The van der Waals surface area contributed by atoms with E-state index in [1.807, 2.05) is 12.1 Å². The van der Waals surface area contributed by atoms with Crippen LogP contribution in [0.2, 0.25) is 0 Å². The van der Waals surface area contributed by atoms with Crippen LogP contribution in [0.15, 0.2) is 18.2 Å². The van der Waals surface area contributed by atoms with Gasteiger partial charge in [0.2, 0.25) is 0 Å². The molecule has 2 unspecified atom stereocenters. The Bertz CT molecular complexity index is 789. The quantitative estimate of drug-likeness (QED) is 0.225.